The van der Waals surface area contributed by atoms with Gasteiger partial charge in [-0.25, -0.2) is 9.67 Å². The van der Waals surface area contributed by atoms with Crippen LogP contribution in [0.5, 0.6) is 0 Å². The Morgan fingerprint density at radius 3 is 2.54 bits per heavy atom. The van der Waals surface area contributed by atoms with Crippen LogP contribution in [0.2, 0.25) is 0 Å². The number of oxazole rings is 1. The van der Waals surface area contributed by atoms with E-state index in [0.717, 1.165) is 50.2 Å². The second kappa shape index (κ2) is 6.52. The number of rotatable bonds is 4. The van der Waals surface area contributed by atoms with Gasteiger partial charge in [0.2, 0.25) is 0 Å². The smallest absolute Gasteiger partial charge is 0.276 e. The molecule has 0 unspecified atom stereocenters. The summed E-state index contributed by atoms with van der Waals surface area (Å²) in [6.07, 6.45) is 12.7. The van der Waals surface area contributed by atoms with Gasteiger partial charge >= 0.3 is 0 Å². The number of piperidine rings is 1. The molecular formula is C19H25N5O2. The molecule has 7 heteroatoms. The molecular weight excluding hydrogens is 330 g/mol. The molecule has 3 fully saturated rings. The fourth-order valence-electron chi connectivity index (χ4n) is 4.41. The number of hydrogen-bond acceptors (Lipinski definition) is 5. The first kappa shape index (κ1) is 16.0. The van der Waals surface area contributed by atoms with Crippen LogP contribution in [0.15, 0.2) is 17.0 Å². The van der Waals surface area contributed by atoms with Crippen molar-refractivity contribution in [3.63, 3.8) is 0 Å². The molecule has 2 aliphatic carbocycles. The van der Waals surface area contributed by atoms with E-state index in [2.05, 4.69) is 21.5 Å². The highest BCUT2D eigenvalue weighted by atomic mass is 16.3. The summed E-state index contributed by atoms with van der Waals surface area (Å²) in [7, 11) is 0. The SMILES string of the molecule is O=C(c1ncoc1C1CC1)N1CCC(n2cc(C3CCCC3)nn2)CC1. The number of hydrogen-bond donors (Lipinski definition) is 0. The first-order valence-corrected chi connectivity index (χ1v) is 9.94. The summed E-state index contributed by atoms with van der Waals surface area (Å²) in [5, 5.41) is 8.80. The van der Waals surface area contributed by atoms with E-state index in [-0.39, 0.29) is 5.91 Å². The van der Waals surface area contributed by atoms with Crippen LogP contribution >= 0.6 is 0 Å². The number of likely N-dealkylation sites (tertiary alicyclic amines) is 1. The molecule has 1 amide bonds. The molecule has 2 aromatic heterocycles. The summed E-state index contributed by atoms with van der Waals surface area (Å²) in [4.78, 5) is 18.9. The molecule has 0 bridgehead atoms. The van der Waals surface area contributed by atoms with Crippen molar-refractivity contribution in [2.45, 2.75) is 69.2 Å². The average molecular weight is 355 g/mol. The molecule has 2 aromatic rings. The second-order valence-corrected chi connectivity index (χ2v) is 7.97. The minimum atomic E-state index is 0.0179. The highest BCUT2D eigenvalue weighted by molar-refractivity contribution is 5.93. The minimum Gasteiger partial charge on any atom is -0.447 e. The molecule has 0 aromatic carbocycles. The molecule has 0 N–H and O–H groups in total. The monoisotopic (exact) mass is 355 g/mol. The predicted octanol–water partition coefficient (Wildman–Crippen LogP) is 3.28. The quantitative estimate of drug-likeness (QED) is 0.841. The third kappa shape index (κ3) is 2.93. The van der Waals surface area contributed by atoms with Crippen LogP contribution < -0.4 is 0 Å². The Morgan fingerprint density at radius 1 is 1.04 bits per heavy atom. The van der Waals surface area contributed by atoms with Crippen molar-refractivity contribution in [2.24, 2.45) is 0 Å². The predicted molar refractivity (Wildman–Crippen MR) is 93.9 cm³/mol. The maximum atomic E-state index is 12.8. The summed E-state index contributed by atoms with van der Waals surface area (Å²) in [5.74, 6) is 1.80. The fraction of sp³-hybridized carbons (Fsp3) is 0.684. The number of nitrogens with zero attached hydrogens (tertiary/aromatic N) is 5. The molecule has 0 atom stereocenters. The number of carbonyl (C=O) groups excluding carboxylic acids is 1. The molecule has 3 heterocycles. The van der Waals surface area contributed by atoms with Gasteiger partial charge in [-0.05, 0) is 38.5 Å². The maximum Gasteiger partial charge on any atom is 0.276 e. The fourth-order valence-corrected chi connectivity index (χ4v) is 4.41. The van der Waals surface area contributed by atoms with Gasteiger partial charge in [0, 0.05) is 31.1 Å². The van der Waals surface area contributed by atoms with Gasteiger partial charge in [-0.1, -0.05) is 18.1 Å². The molecule has 3 aliphatic rings. The number of carbonyl (C=O) groups is 1. The van der Waals surface area contributed by atoms with Gasteiger partial charge in [0.15, 0.2) is 12.1 Å². The Morgan fingerprint density at radius 2 is 1.81 bits per heavy atom. The van der Waals surface area contributed by atoms with Crippen LogP contribution in [0, 0.1) is 0 Å². The van der Waals surface area contributed by atoms with Gasteiger partial charge in [0.05, 0.1) is 11.7 Å². The average Bonchev–Trinajstić information content (AvgIpc) is 3.14. The Bertz CT molecular complexity index is 779. The van der Waals surface area contributed by atoms with E-state index in [0.29, 0.717) is 23.6 Å². The molecule has 0 spiro atoms. The van der Waals surface area contributed by atoms with Crippen LogP contribution in [0.25, 0.3) is 0 Å². The van der Waals surface area contributed by atoms with Crippen molar-refractivity contribution in [1.29, 1.82) is 0 Å². The number of amides is 1. The van der Waals surface area contributed by atoms with E-state index in [1.807, 2.05) is 9.58 Å². The van der Waals surface area contributed by atoms with Gasteiger partial charge in [0.25, 0.3) is 5.91 Å². The summed E-state index contributed by atoms with van der Waals surface area (Å²) in [6.45, 7) is 1.47. The first-order chi connectivity index (χ1) is 12.8. The van der Waals surface area contributed by atoms with E-state index < -0.39 is 0 Å². The highest BCUT2D eigenvalue weighted by Gasteiger charge is 2.35. The lowest BCUT2D eigenvalue weighted by atomic mass is 10.0. The molecule has 26 heavy (non-hydrogen) atoms. The molecule has 1 saturated heterocycles. The summed E-state index contributed by atoms with van der Waals surface area (Å²) in [5.41, 5.74) is 1.67. The third-order valence-electron chi connectivity index (χ3n) is 6.17. The third-order valence-corrected chi connectivity index (χ3v) is 6.17. The molecule has 2 saturated carbocycles. The first-order valence-electron chi connectivity index (χ1n) is 9.94. The highest BCUT2D eigenvalue weighted by Crippen LogP contribution is 2.42. The molecule has 138 valence electrons. The van der Waals surface area contributed by atoms with Crippen molar-refractivity contribution >= 4 is 5.91 Å². The second-order valence-electron chi connectivity index (χ2n) is 7.97. The van der Waals surface area contributed by atoms with E-state index in [1.54, 1.807) is 0 Å². The molecule has 7 nitrogen and oxygen atoms in total. The van der Waals surface area contributed by atoms with Gasteiger partial charge in [-0.2, -0.15) is 0 Å². The van der Waals surface area contributed by atoms with Crippen LogP contribution in [-0.4, -0.2) is 43.9 Å². The zero-order valence-corrected chi connectivity index (χ0v) is 15.0. The lowest BCUT2D eigenvalue weighted by Gasteiger charge is -2.31. The molecule has 1 aliphatic heterocycles. The van der Waals surface area contributed by atoms with Crippen molar-refractivity contribution in [1.82, 2.24) is 24.9 Å². The van der Waals surface area contributed by atoms with Crippen LogP contribution in [0.4, 0.5) is 0 Å². The van der Waals surface area contributed by atoms with Gasteiger partial charge < -0.3 is 9.32 Å². The van der Waals surface area contributed by atoms with E-state index in [9.17, 15) is 4.79 Å². The summed E-state index contributed by atoms with van der Waals surface area (Å²) >= 11 is 0. The summed E-state index contributed by atoms with van der Waals surface area (Å²) < 4.78 is 7.49. The minimum absolute atomic E-state index is 0.0179. The zero-order valence-electron chi connectivity index (χ0n) is 15.0. The van der Waals surface area contributed by atoms with Crippen LogP contribution in [0.1, 0.15) is 91.2 Å². The van der Waals surface area contributed by atoms with Crippen LogP contribution in [0.3, 0.4) is 0 Å². The Labute approximate surface area is 152 Å². The van der Waals surface area contributed by atoms with Gasteiger partial charge in [-0.15, -0.1) is 5.10 Å². The van der Waals surface area contributed by atoms with Crippen molar-refractivity contribution in [3.8, 4) is 0 Å². The molecule has 5 rings (SSSR count). The van der Waals surface area contributed by atoms with E-state index in [4.69, 9.17) is 4.42 Å². The van der Waals surface area contributed by atoms with Gasteiger partial charge in [0.1, 0.15) is 5.76 Å². The lowest BCUT2D eigenvalue weighted by molar-refractivity contribution is 0.0681. The van der Waals surface area contributed by atoms with E-state index in [1.165, 1.54) is 32.1 Å². The Kier molecular flexibility index (Phi) is 4.02. The van der Waals surface area contributed by atoms with Crippen molar-refractivity contribution < 1.29 is 9.21 Å². The van der Waals surface area contributed by atoms with Crippen molar-refractivity contribution in [2.75, 3.05) is 13.1 Å². The Hall–Kier alpha value is -2.18. The number of aromatic nitrogens is 4. The maximum absolute atomic E-state index is 12.8. The zero-order chi connectivity index (χ0) is 17.5. The standard InChI is InChI=1S/C19H25N5O2/c25-19(17-18(14-5-6-14)26-12-20-17)23-9-7-15(8-10-23)24-11-16(21-22-24)13-3-1-2-4-13/h11-15H,1-10H2. The normalized spacial score (nSPS) is 22.2. The lowest BCUT2D eigenvalue weighted by Crippen LogP contribution is -2.39. The topological polar surface area (TPSA) is 77.0 Å². The van der Waals surface area contributed by atoms with Crippen molar-refractivity contribution in [3.05, 3.63) is 29.7 Å². The largest absolute Gasteiger partial charge is 0.447 e. The van der Waals surface area contributed by atoms with E-state index >= 15 is 0 Å². The Balaban J connectivity index is 1.22. The summed E-state index contributed by atoms with van der Waals surface area (Å²) in [6, 6.07) is 0.335. The van der Waals surface area contributed by atoms with Gasteiger partial charge in [-0.3, -0.25) is 4.79 Å². The molecule has 0 radical (unpaired) electrons. The van der Waals surface area contributed by atoms with Crippen LogP contribution in [-0.2, 0) is 0 Å².